The zero-order chi connectivity index (χ0) is 28.7. The van der Waals surface area contributed by atoms with Gasteiger partial charge in [0.2, 0.25) is 21.8 Å². The van der Waals surface area contributed by atoms with Gasteiger partial charge in [0.15, 0.2) is 0 Å². The van der Waals surface area contributed by atoms with Crippen LogP contribution in [0.15, 0.2) is 77.3 Å². The summed E-state index contributed by atoms with van der Waals surface area (Å²) in [4.78, 5) is 29.1. The van der Waals surface area contributed by atoms with E-state index < -0.39 is 28.5 Å². The summed E-state index contributed by atoms with van der Waals surface area (Å²) in [7, 11) is -3.81. The third-order valence-corrected chi connectivity index (χ3v) is 8.31. The first-order chi connectivity index (χ1) is 18.3. The first-order valence-corrected chi connectivity index (χ1v) is 15.4. The molecule has 0 radical (unpaired) electrons. The van der Waals surface area contributed by atoms with Gasteiger partial charge in [-0.3, -0.25) is 13.9 Å². The Labute approximate surface area is 240 Å². The van der Waals surface area contributed by atoms with Crippen LogP contribution in [0.25, 0.3) is 0 Å². The molecule has 0 unspecified atom stereocenters. The quantitative estimate of drug-likeness (QED) is 0.330. The molecule has 9 heteroatoms. The highest BCUT2D eigenvalue weighted by molar-refractivity contribution is 9.10. The summed E-state index contributed by atoms with van der Waals surface area (Å²) in [5.74, 6) is -0.763. The van der Waals surface area contributed by atoms with Crippen LogP contribution >= 0.6 is 15.9 Å². The topological polar surface area (TPSA) is 86.8 Å². The maximum Gasteiger partial charge on any atom is 0.244 e. The van der Waals surface area contributed by atoms with E-state index in [0.29, 0.717) is 5.69 Å². The lowest BCUT2D eigenvalue weighted by molar-refractivity contribution is -0.140. The molecule has 0 saturated heterocycles. The standard InChI is InChI=1S/C30H36BrN3O4S/c1-21(2)32-30(36)28(18-24-9-7-6-8-10-24)33(19-25-13-11-22(3)12-14-25)29(35)20-34(39(5,37)38)26-15-16-27(31)23(4)17-26/h6-17,21,28H,18-20H2,1-5H3,(H,32,36)/t28-/m1/s1. The minimum absolute atomic E-state index is 0.134. The van der Waals surface area contributed by atoms with Crippen LogP contribution in [-0.2, 0) is 32.6 Å². The Morgan fingerprint density at radius 1 is 0.923 bits per heavy atom. The van der Waals surface area contributed by atoms with Crippen molar-refractivity contribution in [2.24, 2.45) is 0 Å². The number of carbonyl (C=O) groups excluding carboxylic acids is 2. The van der Waals surface area contributed by atoms with Crippen LogP contribution in [-0.4, -0.2) is 50.0 Å². The predicted molar refractivity (Wildman–Crippen MR) is 160 cm³/mol. The van der Waals surface area contributed by atoms with E-state index >= 15 is 0 Å². The van der Waals surface area contributed by atoms with Crippen molar-refractivity contribution in [2.45, 2.75) is 52.7 Å². The summed E-state index contributed by atoms with van der Waals surface area (Å²) < 4.78 is 27.7. The van der Waals surface area contributed by atoms with Gasteiger partial charge in [-0.1, -0.05) is 76.1 Å². The molecular weight excluding hydrogens is 578 g/mol. The van der Waals surface area contributed by atoms with Crippen LogP contribution in [0.2, 0.25) is 0 Å². The van der Waals surface area contributed by atoms with Crippen molar-refractivity contribution in [1.82, 2.24) is 10.2 Å². The van der Waals surface area contributed by atoms with Gasteiger partial charge < -0.3 is 10.2 Å². The number of nitrogens with zero attached hydrogens (tertiary/aromatic N) is 2. The lowest BCUT2D eigenvalue weighted by Crippen LogP contribution is -2.54. The average molecular weight is 615 g/mol. The molecule has 0 spiro atoms. The van der Waals surface area contributed by atoms with Crippen molar-refractivity contribution in [1.29, 1.82) is 0 Å². The maximum absolute atomic E-state index is 14.0. The van der Waals surface area contributed by atoms with E-state index in [1.165, 1.54) is 4.90 Å². The Balaban J connectivity index is 2.06. The first kappa shape index (κ1) is 30.4. The molecule has 0 aliphatic carbocycles. The molecule has 1 atom stereocenters. The summed E-state index contributed by atoms with van der Waals surface area (Å²) in [5, 5.41) is 2.95. The molecule has 0 bridgehead atoms. The smallest absolute Gasteiger partial charge is 0.244 e. The number of amides is 2. The predicted octanol–water partition coefficient (Wildman–Crippen LogP) is 5.00. The largest absolute Gasteiger partial charge is 0.352 e. The van der Waals surface area contributed by atoms with Crippen LogP contribution in [0.1, 0.15) is 36.1 Å². The summed E-state index contributed by atoms with van der Waals surface area (Å²) >= 11 is 3.44. The van der Waals surface area contributed by atoms with E-state index in [4.69, 9.17) is 0 Å². The third-order valence-electron chi connectivity index (χ3n) is 6.28. The van der Waals surface area contributed by atoms with Gasteiger partial charge in [0.25, 0.3) is 0 Å². The van der Waals surface area contributed by atoms with Crippen molar-refractivity contribution in [2.75, 3.05) is 17.1 Å². The molecule has 0 aliphatic rings. The van der Waals surface area contributed by atoms with Gasteiger partial charge in [0.05, 0.1) is 11.9 Å². The van der Waals surface area contributed by atoms with Gasteiger partial charge in [-0.25, -0.2) is 8.42 Å². The summed E-state index contributed by atoms with van der Waals surface area (Å²) in [5.41, 5.74) is 4.03. The number of sulfonamides is 1. The Bertz CT molecular complexity index is 1390. The molecule has 3 aromatic rings. The highest BCUT2D eigenvalue weighted by atomic mass is 79.9. The molecule has 0 aliphatic heterocycles. The molecule has 0 fully saturated rings. The van der Waals surface area contributed by atoms with E-state index in [0.717, 1.165) is 37.3 Å². The molecule has 7 nitrogen and oxygen atoms in total. The Hall–Kier alpha value is -3.17. The van der Waals surface area contributed by atoms with Crippen LogP contribution in [0.4, 0.5) is 5.69 Å². The molecule has 208 valence electrons. The van der Waals surface area contributed by atoms with Crippen LogP contribution < -0.4 is 9.62 Å². The highest BCUT2D eigenvalue weighted by Gasteiger charge is 2.33. The molecule has 39 heavy (non-hydrogen) atoms. The van der Waals surface area contributed by atoms with E-state index in [9.17, 15) is 18.0 Å². The van der Waals surface area contributed by atoms with E-state index in [2.05, 4.69) is 21.2 Å². The Kier molecular flexibility index (Phi) is 10.3. The van der Waals surface area contributed by atoms with Crippen molar-refractivity contribution in [3.8, 4) is 0 Å². The number of carbonyl (C=O) groups is 2. The van der Waals surface area contributed by atoms with Crippen molar-refractivity contribution in [3.05, 3.63) is 99.5 Å². The lowest BCUT2D eigenvalue weighted by Gasteiger charge is -2.34. The van der Waals surface area contributed by atoms with Crippen molar-refractivity contribution >= 4 is 43.5 Å². The van der Waals surface area contributed by atoms with E-state index in [1.807, 2.05) is 82.3 Å². The number of rotatable bonds is 11. The molecule has 2 amide bonds. The van der Waals surface area contributed by atoms with Crippen LogP contribution in [0, 0.1) is 13.8 Å². The van der Waals surface area contributed by atoms with Crippen molar-refractivity contribution in [3.63, 3.8) is 0 Å². The minimum atomic E-state index is -3.81. The molecule has 3 aromatic carbocycles. The number of hydrogen-bond donors (Lipinski definition) is 1. The number of hydrogen-bond acceptors (Lipinski definition) is 4. The van der Waals surface area contributed by atoms with Gasteiger partial charge in [0.1, 0.15) is 12.6 Å². The van der Waals surface area contributed by atoms with Crippen LogP contribution in [0.3, 0.4) is 0 Å². The fourth-order valence-corrected chi connectivity index (χ4v) is 5.31. The first-order valence-electron chi connectivity index (χ1n) is 12.8. The Morgan fingerprint density at radius 2 is 1.56 bits per heavy atom. The average Bonchev–Trinajstić information content (AvgIpc) is 2.87. The highest BCUT2D eigenvalue weighted by Crippen LogP contribution is 2.25. The minimum Gasteiger partial charge on any atom is -0.352 e. The zero-order valence-electron chi connectivity index (χ0n) is 23.0. The van der Waals surface area contributed by atoms with Crippen LogP contribution in [0.5, 0.6) is 0 Å². The third kappa shape index (κ3) is 8.66. The second-order valence-electron chi connectivity index (χ2n) is 10.1. The lowest BCUT2D eigenvalue weighted by atomic mass is 10.0. The summed E-state index contributed by atoms with van der Waals surface area (Å²) in [6, 6.07) is 21.4. The molecule has 3 rings (SSSR count). The van der Waals surface area contributed by atoms with Gasteiger partial charge in [-0.05, 0) is 62.6 Å². The molecule has 0 saturated carbocycles. The van der Waals surface area contributed by atoms with Crippen molar-refractivity contribution < 1.29 is 18.0 Å². The van der Waals surface area contributed by atoms with Gasteiger partial charge in [-0.15, -0.1) is 0 Å². The summed E-state index contributed by atoms with van der Waals surface area (Å²) in [6.07, 6.45) is 1.36. The number of halogens is 1. The van der Waals surface area contributed by atoms with Gasteiger partial charge in [0, 0.05) is 23.5 Å². The number of anilines is 1. The second kappa shape index (κ2) is 13.3. The van der Waals surface area contributed by atoms with Gasteiger partial charge >= 0.3 is 0 Å². The molecular formula is C30H36BrN3O4S. The number of aryl methyl sites for hydroxylation is 2. The monoisotopic (exact) mass is 613 g/mol. The summed E-state index contributed by atoms with van der Waals surface area (Å²) in [6.45, 7) is 7.28. The SMILES string of the molecule is Cc1ccc(CN(C(=O)CN(c2ccc(Br)c(C)c2)S(C)(=O)=O)[C@H](Cc2ccccc2)C(=O)NC(C)C)cc1. The molecule has 0 aromatic heterocycles. The maximum atomic E-state index is 14.0. The number of benzene rings is 3. The Morgan fingerprint density at radius 3 is 2.13 bits per heavy atom. The number of nitrogens with one attached hydrogen (secondary N) is 1. The fourth-order valence-electron chi connectivity index (χ4n) is 4.22. The molecule has 1 N–H and O–H groups in total. The normalized spacial score (nSPS) is 12.2. The molecule has 0 heterocycles. The van der Waals surface area contributed by atoms with Gasteiger partial charge in [-0.2, -0.15) is 0 Å². The second-order valence-corrected chi connectivity index (χ2v) is 12.8. The zero-order valence-corrected chi connectivity index (χ0v) is 25.4. The van der Waals surface area contributed by atoms with E-state index in [-0.39, 0.29) is 24.9 Å². The fraction of sp³-hybridized carbons (Fsp3) is 0.333. The van der Waals surface area contributed by atoms with E-state index in [1.54, 1.807) is 18.2 Å².